The van der Waals surface area contributed by atoms with Crippen molar-refractivity contribution in [2.75, 3.05) is 24.6 Å². The molecule has 5 heterocycles. The van der Waals surface area contributed by atoms with Crippen LogP contribution >= 0.6 is 0 Å². The van der Waals surface area contributed by atoms with Gasteiger partial charge in [-0.15, -0.1) is 0 Å². The Kier molecular flexibility index (Phi) is 7.41. The summed E-state index contributed by atoms with van der Waals surface area (Å²) in [5, 5.41) is 24.1. The fourth-order valence-electron chi connectivity index (χ4n) is 5.24. The van der Waals surface area contributed by atoms with Crippen molar-refractivity contribution in [1.82, 2.24) is 19.6 Å². The van der Waals surface area contributed by atoms with Crippen LogP contribution in [0.2, 0.25) is 0 Å². The minimum atomic E-state index is -1.00. The maximum atomic E-state index is 12.9. The first-order chi connectivity index (χ1) is 19.4. The van der Waals surface area contributed by atoms with Crippen LogP contribution in [0.25, 0.3) is 16.6 Å². The number of hydrogen-bond donors (Lipinski definition) is 2. The standard InChI is InChI=1S/C31H34N6O4/c1-20-11-23(38)12-26(35-20)27(39)14-31(4)7-9-36(10-8-31)28-6-5-21(16-33-28)25-13-24(41-19-30(2,3)40)18-37-29(25)22(15-32)17-34-37/h5-6,11-13,16-18,40H,7-10,14,19H2,1-4H3,(H,35,38). The molecule has 0 radical (unpaired) electrons. The molecule has 10 heteroatoms. The second-order valence-corrected chi connectivity index (χ2v) is 11.9. The third kappa shape index (κ3) is 6.31. The van der Waals surface area contributed by atoms with Crippen molar-refractivity contribution in [2.45, 2.75) is 52.6 Å². The molecule has 1 fully saturated rings. The van der Waals surface area contributed by atoms with Gasteiger partial charge in [-0.1, -0.05) is 6.92 Å². The van der Waals surface area contributed by atoms with E-state index in [4.69, 9.17) is 9.72 Å². The van der Waals surface area contributed by atoms with Crippen molar-refractivity contribution in [2.24, 2.45) is 5.41 Å². The Labute approximate surface area is 238 Å². The van der Waals surface area contributed by atoms with Crippen LogP contribution in [0.4, 0.5) is 5.82 Å². The third-order valence-electron chi connectivity index (χ3n) is 7.52. The van der Waals surface area contributed by atoms with Crippen LogP contribution < -0.4 is 15.1 Å². The number of nitriles is 1. The molecule has 0 amide bonds. The molecule has 2 N–H and O–H groups in total. The third-order valence-corrected chi connectivity index (χ3v) is 7.52. The van der Waals surface area contributed by atoms with Crippen LogP contribution in [0.5, 0.6) is 5.75 Å². The molecule has 1 aliphatic rings. The number of anilines is 1. The first-order valence-corrected chi connectivity index (χ1v) is 13.7. The minimum Gasteiger partial charge on any atom is -0.489 e. The van der Waals surface area contributed by atoms with E-state index in [1.165, 1.54) is 18.3 Å². The second-order valence-electron chi connectivity index (χ2n) is 11.9. The van der Waals surface area contributed by atoms with Gasteiger partial charge in [0.2, 0.25) is 0 Å². The van der Waals surface area contributed by atoms with Crippen LogP contribution in [-0.4, -0.2) is 55.8 Å². The van der Waals surface area contributed by atoms with E-state index in [1.807, 2.05) is 18.2 Å². The minimum absolute atomic E-state index is 0.0408. The number of aryl methyl sites for hydroxylation is 1. The van der Waals surface area contributed by atoms with E-state index in [-0.39, 0.29) is 23.2 Å². The molecule has 4 aromatic heterocycles. The number of aromatic nitrogens is 4. The Bertz CT molecular complexity index is 1680. The molecular formula is C31H34N6O4. The first kappa shape index (κ1) is 28.1. The number of aromatic amines is 1. The van der Waals surface area contributed by atoms with Gasteiger partial charge >= 0.3 is 0 Å². The fraction of sp³-hybridized carbons (Fsp3) is 0.387. The number of pyridine rings is 3. The quantitative estimate of drug-likeness (QED) is 0.308. The molecule has 212 valence electrons. The monoisotopic (exact) mass is 554 g/mol. The number of H-pyrrole nitrogens is 1. The maximum absolute atomic E-state index is 12.9. The Morgan fingerprint density at radius 3 is 2.61 bits per heavy atom. The number of Topliss-reactive ketones (excluding diaryl/α,β-unsaturated/α-hetero) is 1. The van der Waals surface area contributed by atoms with E-state index < -0.39 is 5.60 Å². The predicted octanol–water partition coefficient (Wildman–Crippen LogP) is 4.29. The lowest BCUT2D eigenvalue weighted by Gasteiger charge is -2.39. The SMILES string of the molecule is Cc1cc(=O)cc(C(=O)CC2(C)CCN(c3ccc(-c4cc(OCC(C)(C)O)cn5ncc(C#N)c45)cn3)CC2)[nH]1. The summed E-state index contributed by atoms with van der Waals surface area (Å²) in [6.45, 7) is 8.86. The van der Waals surface area contributed by atoms with Crippen LogP contribution in [0.15, 0.2) is 53.7 Å². The van der Waals surface area contributed by atoms with Gasteiger partial charge < -0.3 is 19.7 Å². The fourth-order valence-corrected chi connectivity index (χ4v) is 5.24. The highest BCUT2D eigenvalue weighted by molar-refractivity contribution is 5.94. The number of aliphatic hydroxyl groups is 1. The lowest BCUT2D eigenvalue weighted by molar-refractivity contribution is 0.0283. The second kappa shape index (κ2) is 10.8. The lowest BCUT2D eigenvalue weighted by atomic mass is 9.76. The first-order valence-electron chi connectivity index (χ1n) is 13.7. The molecule has 0 aliphatic carbocycles. The van der Waals surface area contributed by atoms with Crippen molar-refractivity contribution < 1.29 is 14.6 Å². The average Bonchev–Trinajstić information content (AvgIpc) is 3.34. The number of fused-ring (bicyclic) bond motifs is 1. The van der Waals surface area contributed by atoms with Crippen molar-refractivity contribution >= 4 is 17.1 Å². The van der Waals surface area contributed by atoms with Crippen LogP contribution in [0.1, 0.15) is 61.8 Å². The maximum Gasteiger partial charge on any atom is 0.182 e. The molecule has 41 heavy (non-hydrogen) atoms. The Balaban J connectivity index is 1.31. The molecular weight excluding hydrogens is 520 g/mol. The highest BCUT2D eigenvalue weighted by atomic mass is 16.5. The van der Waals surface area contributed by atoms with Gasteiger partial charge in [-0.25, -0.2) is 9.50 Å². The summed E-state index contributed by atoms with van der Waals surface area (Å²) in [7, 11) is 0. The summed E-state index contributed by atoms with van der Waals surface area (Å²) in [5.74, 6) is 1.32. The molecule has 1 aliphatic heterocycles. The summed E-state index contributed by atoms with van der Waals surface area (Å²) in [6.07, 6.45) is 7.01. The van der Waals surface area contributed by atoms with Crippen molar-refractivity contribution in [3.05, 3.63) is 76.1 Å². The summed E-state index contributed by atoms with van der Waals surface area (Å²) < 4.78 is 7.44. The van der Waals surface area contributed by atoms with Gasteiger partial charge in [0.25, 0.3) is 0 Å². The van der Waals surface area contributed by atoms with Gasteiger partial charge in [0.15, 0.2) is 11.2 Å². The number of rotatable bonds is 8. The number of piperidine rings is 1. The molecule has 10 nitrogen and oxygen atoms in total. The number of nitrogens with one attached hydrogen (secondary N) is 1. The smallest absolute Gasteiger partial charge is 0.182 e. The Hall–Kier alpha value is -4.49. The molecule has 0 bridgehead atoms. The summed E-state index contributed by atoms with van der Waals surface area (Å²) in [5.41, 5.74) is 2.39. The van der Waals surface area contributed by atoms with Gasteiger partial charge in [-0.2, -0.15) is 10.4 Å². The highest BCUT2D eigenvalue weighted by Gasteiger charge is 2.33. The number of carbonyl (C=O) groups is 1. The zero-order valence-corrected chi connectivity index (χ0v) is 23.8. The summed E-state index contributed by atoms with van der Waals surface area (Å²) >= 11 is 0. The normalized spacial score (nSPS) is 15.1. The largest absolute Gasteiger partial charge is 0.489 e. The topological polar surface area (TPSA) is 137 Å². The van der Waals surface area contributed by atoms with Crippen molar-refractivity contribution in [3.63, 3.8) is 0 Å². The summed E-state index contributed by atoms with van der Waals surface area (Å²) in [6, 6.07) is 10.8. The number of ketones is 1. The van der Waals surface area contributed by atoms with Crippen molar-refractivity contribution in [1.29, 1.82) is 5.26 Å². The van der Waals surface area contributed by atoms with Crippen LogP contribution in [0.3, 0.4) is 0 Å². The van der Waals surface area contributed by atoms with Crippen molar-refractivity contribution in [3.8, 4) is 22.9 Å². The zero-order chi connectivity index (χ0) is 29.4. The number of ether oxygens (including phenoxy) is 1. The lowest BCUT2D eigenvalue weighted by Crippen LogP contribution is -2.40. The van der Waals surface area contributed by atoms with Gasteiger partial charge in [-0.05, 0) is 57.2 Å². The molecule has 4 aromatic rings. The molecule has 0 spiro atoms. The number of hydrogen-bond acceptors (Lipinski definition) is 8. The van der Waals surface area contributed by atoms with Gasteiger partial charge in [0.05, 0.1) is 34.8 Å². The molecule has 0 unspecified atom stereocenters. The molecule has 5 rings (SSSR count). The predicted molar refractivity (Wildman–Crippen MR) is 155 cm³/mol. The molecule has 0 saturated carbocycles. The van der Waals surface area contributed by atoms with E-state index in [2.05, 4.69) is 28.0 Å². The molecule has 0 aromatic carbocycles. The average molecular weight is 555 g/mol. The van der Waals surface area contributed by atoms with Gasteiger partial charge in [0.1, 0.15) is 24.2 Å². The van der Waals surface area contributed by atoms with E-state index in [9.17, 15) is 20.0 Å². The number of nitrogens with zero attached hydrogens (tertiary/aromatic N) is 5. The molecule has 1 saturated heterocycles. The van der Waals surface area contributed by atoms with Gasteiger partial charge in [-0.3, -0.25) is 9.59 Å². The van der Waals surface area contributed by atoms with E-state index in [0.717, 1.165) is 42.9 Å². The van der Waals surface area contributed by atoms with E-state index >= 15 is 0 Å². The summed E-state index contributed by atoms with van der Waals surface area (Å²) in [4.78, 5) is 34.8. The van der Waals surface area contributed by atoms with Gasteiger partial charge in [0, 0.05) is 54.7 Å². The zero-order valence-electron chi connectivity index (χ0n) is 23.8. The molecule has 0 atom stereocenters. The van der Waals surface area contributed by atoms with E-state index in [1.54, 1.807) is 37.7 Å². The number of carbonyl (C=O) groups excluding carboxylic acids is 1. The van der Waals surface area contributed by atoms with Crippen LogP contribution in [-0.2, 0) is 0 Å². The highest BCUT2D eigenvalue weighted by Crippen LogP contribution is 2.37. The Morgan fingerprint density at radius 2 is 1.98 bits per heavy atom. The van der Waals surface area contributed by atoms with E-state index in [0.29, 0.717) is 34.6 Å². The van der Waals surface area contributed by atoms with Crippen LogP contribution in [0, 0.1) is 23.7 Å². The Morgan fingerprint density at radius 1 is 1.22 bits per heavy atom.